The molecule has 0 saturated heterocycles. The Morgan fingerprint density at radius 1 is 0.253 bits per heavy atom. The number of carbonyl (C=O) groups excluding carboxylic acids is 3. The average molecular weight is 1150 g/mol. The first-order chi connectivity index (χ1) is 41.0. The lowest BCUT2D eigenvalue weighted by Crippen LogP contribution is -2.30. The fourth-order valence-corrected chi connectivity index (χ4v) is 10.0. The minimum atomic E-state index is -0.809. The number of allylic oxidation sites excluding steroid dienone is 18. The monoisotopic (exact) mass is 1150 g/mol. The molecule has 0 aromatic carbocycles. The molecular weight excluding hydrogens is 1020 g/mol. The smallest absolute Gasteiger partial charge is 0.306 e. The zero-order chi connectivity index (χ0) is 59.9. The standard InChI is InChI=1S/C77H132O6/c1-4-7-10-13-16-19-22-25-27-29-31-33-34-35-36-37-38-39-40-41-42-44-45-47-49-52-55-58-61-64-67-70-76(79)82-73-74(72-81-75(78)69-66-63-60-57-54-51-24-21-18-15-12-9-6-3)83-77(80)71-68-65-62-59-56-53-50-48-46-43-32-30-28-26-23-20-17-14-11-8-5-2/h7,9-10,12,16,18-19,21,25,27,30-33,51,54,60,63,74H,4-6,8,11,13-15,17,20,22-24,26,28-29,34-50,52-53,55-59,61-62,64-73H2,1-3H3/b10-7-,12-9-,19-16-,21-18-,27-25-,32-30-,33-31-,54-51-,63-60-. The van der Waals surface area contributed by atoms with Gasteiger partial charge in [-0.15, -0.1) is 0 Å². The summed E-state index contributed by atoms with van der Waals surface area (Å²) < 4.78 is 16.9. The normalized spacial score (nSPS) is 12.8. The van der Waals surface area contributed by atoms with E-state index in [0.29, 0.717) is 19.3 Å². The second-order valence-electron chi connectivity index (χ2n) is 23.4. The van der Waals surface area contributed by atoms with E-state index < -0.39 is 6.10 Å². The van der Waals surface area contributed by atoms with E-state index in [-0.39, 0.29) is 37.5 Å². The Hall–Kier alpha value is -3.93. The largest absolute Gasteiger partial charge is 0.462 e. The van der Waals surface area contributed by atoms with E-state index in [1.165, 1.54) is 205 Å². The molecule has 0 saturated carbocycles. The maximum atomic E-state index is 12.9. The molecular formula is C77H132O6. The molecule has 476 valence electrons. The summed E-state index contributed by atoms with van der Waals surface area (Å²) in [5, 5.41) is 0. The molecule has 0 N–H and O–H groups in total. The van der Waals surface area contributed by atoms with Gasteiger partial charge in [0.25, 0.3) is 0 Å². The molecule has 0 aromatic rings. The van der Waals surface area contributed by atoms with Crippen molar-refractivity contribution < 1.29 is 28.6 Å². The van der Waals surface area contributed by atoms with Crippen LogP contribution in [0.15, 0.2) is 109 Å². The molecule has 6 heteroatoms. The van der Waals surface area contributed by atoms with Crippen LogP contribution < -0.4 is 0 Å². The molecule has 0 amide bonds. The zero-order valence-electron chi connectivity index (χ0n) is 54.7. The highest BCUT2D eigenvalue weighted by Gasteiger charge is 2.19. The van der Waals surface area contributed by atoms with Crippen molar-refractivity contribution in [3.63, 3.8) is 0 Å². The summed E-state index contributed by atoms with van der Waals surface area (Å²) in [7, 11) is 0. The lowest BCUT2D eigenvalue weighted by molar-refractivity contribution is -0.166. The van der Waals surface area contributed by atoms with Crippen LogP contribution in [-0.4, -0.2) is 37.2 Å². The number of unbranched alkanes of at least 4 members (excludes halogenated alkanes) is 35. The molecule has 0 rings (SSSR count). The Morgan fingerprint density at radius 3 is 0.819 bits per heavy atom. The predicted octanol–water partition coefficient (Wildman–Crippen LogP) is 24.6. The molecule has 1 unspecified atom stereocenters. The molecule has 0 fully saturated rings. The highest BCUT2D eigenvalue weighted by atomic mass is 16.6. The summed E-state index contributed by atoms with van der Waals surface area (Å²) in [5.74, 6) is -0.971. The van der Waals surface area contributed by atoms with E-state index >= 15 is 0 Å². The van der Waals surface area contributed by atoms with Crippen molar-refractivity contribution in [1.29, 1.82) is 0 Å². The van der Waals surface area contributed by atoms with Crippen molar-refractivity contribution in [2.24, 2.45) is 0 Å². The topological polar surface area (TPSA) is 78.9 Å². The van der Waals surface area contributed by atoms with Gasteiger partial charge in [0.05, 0.1) is 0 Å². The van der Waals surface area contributed by atoms with E-state index in [2.05, 4.69) is 124 Å². The molecule has 0 heterocycles. The second kappa shape index (κ2) is 70.6. The first kappa shape index (κ1) is 79.1. The van der Waals surface area contributed by atoms with Crippen LogP contribution in [0.4, 0.5) is 0 Å². The van der Waals surface area contributed by atoms with Crippen LogP contribution in [0.25, 0.3) is 0 Å². The molecule has 0 aromatic heterocycles. The summed E-state index contributed by atoms with van der Waals surface area (Å²) in [4.78, 5) is 38.4. The van der Waals surface area contributed by atoms with Crippen LogP contribution in [0, 0.1) is 0 Å². The molecule has 1 atom stereocenters. The van der Waals surface area contributed by atoms with Gasteiger partial charge in [-0.05, 0) is 109 Å². The van der Waals surface area contributed by atoms with Gasteiger partial charge in [0.15, 0.2) is 6.10 Å². The second-order valence-corrected chi connectivity index (χ2v) is 23.4. The first-order valence-electron chi connectivity index (χ1n) is 35.4. The van der Waals surface area contributed by atoms with E-state index in [4.69, 9.17) is 14.2 Å². The van der Waals surface area contributed by atoms with Crippen LogP contribution in [0.1, 0.15) is 342 Å². The zero-order valence-corrected chi connectivity index (χ0v) is 54.7. The lowest BCUT2D eigenvalue weighted by atomic mass is 10.0. The SMILES string of the molecule is CC/C=C\C/C=C\C/C=C\C/C=C\CCCCCCCCCCCCCCCCCCCCC(=O)OCC(COC(=O)CC/C=C\C/C=C\C/C=C\C/C=C\CC)OC(=O)CCCCCCCCCCC/C=C\CCCCCCCCCC. The molecule has 0 aliphatic heterocycles. The Bertz CT molecular complexity index is 1660. The summed E-state index contributed by atoms with van der Waals surface area (Å²) in [6.45, 7) is 6.38. The Balaban J connectivity index is 4.24. The predicted molar refractivity (Wildman–Crippen MR) is 362 cm³/mol. The maximum absolute atomic E-state index is 12.9. The summed E-state index contributed by atoms with van der Waals surface area (Å²) >= 11 is 0. The van der Waals surface area contributed by atoms with Crippen LogP contribution in [0.3, 0.4) is 0 Å². The molecule has 0 radical (unpaired) electrons. The number of hydrogen-bond acceptors (Lipinski definition) is 6. The van der Waals surface area contributed by atoms with Gasteiger partial charge in [-0.3, -0.25) is 14.4 Å². The van der Waals surface area contributed by atoms with Crippen molar-refractivity contribution in [2.75, 3.05) is 13.2 Å². The fourth-order valence-electron chi connectivity index (χ4n) is 10.0. The van der Waals surface area contributed by atoms with Crippen molar-refractivity contribution >= 4 is 17.9 Å². The third kappa shape index (κ3) is 68.7. The number of rotatable bonds is 64. The van der Waals surface area contributed by atoms with Crippen molar-refractivity contribution in [3.8, 4) is 0 Å². The third-order valence-electron chi connectivity index (χ3n) is 15.3. The lowest BCUT2D eigenvalue weighted by Gasteiger charge is -2.18. The van der Waals surface area contributed by atoms with Gasteiger partial charge in [0, 0.05) is 19.3 Å². The third-order valence-corrected chi connectivity index (χ3v) is 15.3. The van der Waals surface area contributed by atoms with E-state index in [1.807, 2.05) is 6.08 Å². The highest BCUT2D eigenvalue weighted by Crippen LogP contribution is 2.17. The van der Waals surface area contributed by atoms with E-state index in [1.54, 1.807) is 0 Å². The molecule has 6 nitrogen and oxygen atoms in total. The molecule has 0 spiro atoms. The van der Waals surface area contributed by atoms with E-state index in [9.17, 15) is 14.4 Å². The van der Waals surface area contributed by atoms with Crippen LogP contribution in [0.2, 0.25) is 0 Å². The molecule has 83 heavy (non-hydrogen) atoms. The van der Waals surface area contributed by atoms with Gasteiger partial charge >= 0.3 is 17.9 Å². The molecule has 0 bridgehead atoms. The Morgan fingerprint density at radius 2 is 0.494 bits per heavy atom. The van der Waals surface area contributed by atoms with Gasteiger partial charge in [-0.2, -0.15) is 0 Å². The van der Waals surface area contributed by atoms with Gasteiger partial charge in [-0.25, -0.2) is 0 Å². The number of ether oxygens (including phenoxy) is 3. The van der Waals surface area contributed by atoms with Crippen LogP contribution >= 0.6 is 0 Å². The first-order valence-corrected chi connectivity index (χ1v) is 35.4. The van der Waals surface area contributed by atoms with Gasteiger partial charge in [0.2, 0.25) is 0 Å². The number of hydrogen-bond donors (Lipinski definition) is 0. The summed E-state index contributed by atoms with van der Waals surface area (Å²) in [5.41, 5.74) is 0. The van der Waals surface area contributed by atoms with Crippen molar-refractivity contribution in [2.45, 2.75) is 348 Å². The quantitative estimate of drug-likeness (QED) is 0.0261. The average Bonchev–Trinajstić information content (AvgIpc) is 3.49. The van der Waals surface area contributed by atoms with Crippen molar-refractivity contribution in [3.05, 3.63) is 109 Å². The molecule has 0 aliphatic rings. The number of carbonyl (C=O) groups is 3. The highest BCUT2D eigenvalue weighted by molar-refractivity contribution is 5.71. The van der Waals surface area contributed by atoms with Crippen molar-refractivity contribution in [1.82, 2.24) is 0 Å². The Kier molecular flexibility index (Phi) is 67.2. The Labute approximate surface area is 514 Å². The van der Waals surface area contributed by atoms with Crippen LogP contribution in [-0.2, 0) is 28.6 Å². The fraction of sp³-hybridized carbons (Fsp3) is 0.727. The summed E-state index contributed by atoms with van der Waals surface area (Å²) in [6, 6.07) is 0. The molecule has 0 aliphatic carbocycles. The summed E-state index contributed by atoms with van der Waals surface area (Å²) in [6.07, 6.45) is 97.2. The maximum Gasteiger partial charge on any atom is 0.306 e. The van der Waals surface area contributed by atoms with E-state index in [0.717, 1.165) is 89.9 Å². The number of esters is 3. The minimum absolute atomic E-state index is 0.0983. The van der Waals surface area contributed by atoms with Gasteiger partial charge in [-0.1, -0.05) is 323 Å². The van der Waals surface area contributed by atoms with Crippen LogP contribution in [0.5, 0.6) is 0 Å². The minimum Gasteiger partial charge on any atom is -0.462 e. The van der Waals surface area contributed by atoms with Gasteiger partial charge in [0.1, 0.15) is 13.2 Å². The van der Waals surface area contributed by atoms with Gasteiger partial charge < -0.3 is 14.2 Å².